The number of halogens is 1. The average molecular weight is 346 g/mol. The zero-order valence-electron chi connectivity index (χ0n) is 11.8. The third-order valence-corrected chi connectivity index (χ3v) is 4.03. The lowest BCUT2D eigenvalue weighted by Gasteiger charge is -2.16. The van der Waals surface area contributed by atoms with Gasteiger partial charge in [-0.25, -0.2) is 0 Å². The summed E-state index contributed by atoms with van der Waals surface area (Å²) in [5.74, 6) is 0.940. The van der Waals surface area contributed by atoms with E-state index in [1.165, 1.54) is 0 Å². The SMILES string of the molecule is CCOc1cccc(CN2Cc3ccc(Br)cc3C2=O)c1. The number of amides is 1. The van der Waals surface area contributed by atoms with Gasteiger partial charge in [-0.05, 0) is 42.3 Å². The molecule has 4 heteroatoms. The number of hydrogen-bond donors (Lipinski definition) is 0. The van der Waals surface area contributed by atoms with Crippen LogP contribution < -0.4 is 4.74 Å². The number of carbonyl (C=O) groups excluding carboxylic acids is 1. The number of fused-ring (bicyclic) bond motifs is 1. The molecule has 0 unspecified atom stereocenters. The molecule has 21 heavy (non-hydrogen) atoms. The van der Waals surface area contributed by atoms with Crippen molar-refractivity contribution in [2.45, 2.75) is 20.0 Å². The molecule has 0 spiro atoms. The van der Waals surface area contributed by atoms with E-state index in [-0.39, 0.29) is 5.91 Å². The van der Waals surface area contributed by atoms with E-state index in [4.69, 9.17) is 4.74 Å². The number of rotatable bonds is 4. The van der Waals surface area contributed by atoms with Gasteiger partial charge >= 0.3 is 0 Å². The third-order valence-electron chi connectivity index (χ3n) is 3.53. The van der Waals surface area contributed by atoms with Gasteiger partial charge in [0.25, 0.3) is 5.91 Å². The van der Waals surface area contributed by atoms with Crippen molar-refractivity contribution in [3.05, 3.63) is 63.6 Å². The molecule has 1 heterocycles. The molecule has 0 fully saturated rings. The van der Waals surface area contributed by atoms with E-state index in [2.05, 4.69) is 15.9 Å². The summed E-state index contributed by atoms with van der Waals surface area (Å²) in [6, 6.07) is 13.8. The molecule has 1 aliphatic heterocycles. The quantitative estimate of drug-likeness (QED) is 0.837. The monoisotopic (exact) mass is 345 g/mol. The van der Waals surface area contributed by atoms with E-state index in [1.54, 1.807) is 0 Å². The fraction of sp³-hybridized carbons (Fsp3) is 0.235. The maximum absolute atomic E-state index is 12.4. The maximum atomic E-state index is 12.4. The van der Waals surface area contributed by atoms with Crippen LogP contribution in [0.2, 0.25) is 0 Å². The Kier molecular flexibility index (Phi) is 3.97. The molecule has 1 amide bonds. The van der Waals surface area contributed by atoms with Crippen molar-refractivity contribution >= 4 is 21.8 Å². The maximum Gasteiger partial charge on any atom is 0.254 e. The third kappa shape index (κ3) is 2.95. The summed E-state index contributed by atoms with van der Waals surface area (Å²) < 4.78 is 6.45. The highest BCUT2D eigenvalue weighted by atomic mass is 79.9. The molecule has 0 N–H and O–H groups in total. The molecule has 108 valence electrons. The predicted octanol–water partition coefficient (Wildman–Crippen LogP) is 4.00. The van der Waals surface area contributed by atoms with Gasteiger partial charge in [-0.3, -0.25) is 4.79 Å². The Morgan fingerprint density at radius 1 is 1.24 bits per heavy atom. The molecule has 3 nitrogen and oxygen atoms in total. The van der Waals surface area contributed by atoms with E-state index in [0.29, 0.717) is 19.7 Å². The van der Waals surface area contributed by atoms with Crippen LogP contribution in [0.15, 0.2) is 46.9 Å². The first-order chi connectivity index (χ1) is 10.2. The summed E-state index contributed by atoms with van der Waals surface area (Å²) >= 11 is 3.42. The minimum absolute atomic E-state index is 0.0908. The van der Waals surface area contributed by atoms with Crippen LogP contribution in [0.5, 0.6) is 5.75 Å². The van der Waals surface area contributed by atoms with E-state index in [1.807, 2.05) is 54.3 Å². The minimum atomic E-state index is 0.0908. The largest absolute Gasteiger partial charge is 0.494 e. The molecule has 0 atom stereocenters. The van der Waals surface area contributed by atoms with Crippen LogP contribution in [-0.2, 0) is 13.1 Å². The summed E-state index contributed by atoms with van der Waals surface area (Å²) in [5.41, 5.74) is 2.97. The lowest BCUT2D eigenvalue weighted by Crippen LogP contribution is -2.23. The van der Waals surface area contributed by atoms with Crippen LogP contribution >= 0.6 is 15.9 Å². The fourth-order valence-electron chi connectivity index (χ4n) is 2.58. The molecule has 0 saturated heterocycles. The van der Waals surface area contributed by atoms with Gasteiger partial charge in [-0.1, -0.05) is 34.1 Å². The predicted molar refractivity (Wildman–Crippen MR) is 85.3 cm³/mol. The van der Waals surface area contributed by atoms with Crippen LogP contribution in [0.4, 0.5) is 0 Å². The second kappa shape index (κ2) is 5.90. The molecule has 2 aromatic carbocycles. The number of hydrogen-bond acceptors (Lipinski definition) is 2. The highest BCUT2D eigenvalue weighted by Gasteiger charge is 2.27. The number of nitrogens with zero attached hydrogens (tertiary/aromatic N) is 1. The number of benzene rings is 2. The van der Waals surface area contributed by atoms with E-state index in [9.17, 15) is 4.79 Å². The Bertz CT molecular complexity index is 684. The van der Waals surface area contributed by atoms with Crippen LogP contribution in [0.1, 0.15) is 28.4 Å². The van der Waals surface area contributed by atoms with E-state index >= 15 is 0 Å². The number of carbonyl (C=O) groups is 1. The Morgan fingerprint density at radius 3 is 2.90 bits per heavy atom. The van der Waals surface area contributed by atoms with Crippen LogP contribution in [0.25, 0.3) is 0 Å². The van der Waals surface area contributed by atoms with Crippen molar-refractivity contribution in [3.63, 3.8) is 0 Å². The zero-order valence-corrected chi connectivity index (χ0v) is 13.4. The molecule has 0 aliphatic carbocycles. The lowest BCUT2D eigenvalue weighted by molar-refractivity contribution is 0.0766. The molecule has 1 aliphatic rings. The highest BCUT2D eigenvalue weighted by molar-refractivity contribution is 9.10. The van der Waals surface area contributed by atoms with Gasteiger partial charge in [0.1, 0.15) is 5.75 Å². The molecule has 3 rings (SSSR count). The molecule has 0 aromatic heterocycles. The summed E-state index contributed by atoms with van der Waals surface area (Å²) in [6.07, 6.45) is 0. The van der Waals surface area contributed by atoms with Crippen molar-refractivity contribution in [1.82, 2.24) is 4.90 Å². The van der Waals surface area contributed by atoms with E-state index < -0.39 is 0 Å². The molecule has 2 aromatic rings. The Hall–Kier alpha value is -1.81. The van der Waals surface area contributed by atoms with Crippen molar-refractivity contribution in [2.75, 3.05) is 6.61 Å². The van der Waals surface area contributed by atoms with Crippen LogP contribution in [0, 0.1) is 0 Å². The van der Waals surface area contributed by atoms with Gasteiger partial charge in [0.15, 0.2) is 0 Å². The first kappa shape index (κ1) is 14.1. The first-order valence-corrected chi connectivity index (χ1v) is 7.76. The normalized spacial score (nSPS) is 13.4. The Balaban J connectivity index is 1.78. The molecular formula is C17H16BrNO2. The van der Waals surface area contributed by atoms with Gasteiger partial charge in [0.05, 0.1) is 6.61 Å². The second-order valence-electron chi connectivity index (χ2n) is 5.04. The van der Waals surface area contributed by atoms with Crippen molar-refractivity contribution in [3.8, 4) is 5.75 Å². The molecular weight excluding hydrogens is 330 g/mol. The highest BCUT2D eigenvalue weighted by Crippen LogP contribution is 2.27. The van der Waals surface area contributed by atoms with Gasteiger partial charge in [-0.15, -0.1) is 0 Å². The van der Waals surface area contributed by atoms with E-state index in [0.717, 1.165) is 26.9 Å². The van der Waals surface area contributed by atoms with Crippen molar-refractivity contribution < 1.29 is 9.53 Å². The molecule has 0 radical (unpaired) electrons. The van der Waals surface area contributed by atoms with Gasteiger partial charge in [-0.2, -0.15) is 0 Å². The number of ether oxygens (including phenoxy) is 1. The standard InChI is InChI=1S/C17H16BrNO2/c1-2-21-15-5-3-4-12(8-15)10-19-11-13-6-7-14(18)9-16(13)17(19)20/h3-9H,2,10-11H2,1H3. The average Bonchev–Trinajstić information content (AvgIpc) is 2.76. The topological polar surface area (TPSA) is 29.5 Å². The van der Waals surface area contributed by atoms with Crippen molar-refractivity contribution in [2.24, 2.45) is 0 Å². The smallest absolute Gasteiger partial charge is 0.254 e. The summed E-state index contributed by atoms with van der Waals surface area (Å²) in [6.45, 7) is 3.88. The van der Waals surface area contributed by atoms with Gasteiger partial charge in [0.2, 0.25) is 0 Å². The van der Waals surface area contributed by atoms with Crippen LogP contribution in [0.3, 0.4) is 0 Å². The summed E-state index contributed by atoms with van der Waals surface area (Å²) in [5, 5.41) is 0. The fourth-order valence-corrected chi connectivity index (χ4v) is 2.94. The Morgan fingerprint density at radius 2 is 2.10 bits per heavy atom. The zero-order chi connectivity index (χ0) is 14.8. The summed E-state index contributed by atoms with van der Waals surface area (Å²) in [4.78, 5) is 14.3. The minimum Gasteiger partial charge on any atom is -0.494 e. The van der Waals surface area contributed by atoms with Crippen LogP contribution in [-0.4, -0.2) is 17.4 Å². The summed E-state index contributed by atoms with van der Waals surface area (Å²) in [7, 11) is 0. The van der Waals surface area contributed by atoms with Gasteiger partial charge < -0.3 is 9.64 Å². The first-order valence-electron chi connectivity index (χ1n) is 6.97. The molecule has 0 saturated carbocycles. The van der Waals surface area contributed by atoms with Crippen molar-refractivity contribution in [1.29, 1.82) is 0 Å². The lowest BCUT2D eigenvalue weighted by atomic mass is 10.1. The molecule has 0 bridgehead atoms. The van der Waals surface area contributed by atoms with Gasteiger partial charge in [0, 0.05) is 23.1 Å². The Labute approximate surface area is 132 Å². The second-order valence-corrected chi connectivity index (χ2v) is 5.96.